The van der Waals surface area contributed by atoms with Gasteiger partial charge in [0, 0.05) is 11.8 Å². The highest BCUT2D eigenvalue weighted by atomic mass is 16.5. The van der Waals surface area contributed by atoms with Gasteiger partial charge in [-0.2, -0.15) is 14.6 Å². The van der Waals surface area contributed by atoms with Crippen LogP contribution in [-0.2, 0) is 17.9 Å². The van der Waals surface area contributed by atoms with Crippen molar-refractivity contribution < 1.29 is 14.6 Å². The van der Waals surface area contributed by atoms with Crippen LogP contribution in [-0.4, -0.2) is 44.1 Å². The van der Waals surface area contributed by atoms with Crippen LogP contribution in [0.15, 0.2) is 41.5 Å². The summed E-state index contributed by atoms with van der Waals surface area (Å²) in [4.78, 5) is 15.9. The molecule has 0 amide bonds. The molecule has 1 aromatic carbocycles. The smallest absolute Gasteiger partial charge is 0.275 e. The molecule has 0 fully saturated rings. The van der Waals surface area contributed by atoms with E-state index in [-0.39, 0.29) is 18.7 Å². The Kier molecular flexibility index (Phi) is 5.11. The first kappa shape index (κ1) is 17.1. The standard InChI is InChI=1S/C17H20N4O4/c1-12-7-16(23)21-17(18-11-19-21)20(12)8-14(22)10-25-9-13-3-5-15(24-2)6-4-13/h3-7,11,14,22H,8-10H2,1-2H3/t14-/m1/s1. The number of methoxy groups -OCH3 is 1. The van der Waals surface area contributed by atoms with Gasteiger partial charge in [-0.3, -0.25) is 4.79 Å². The highest BCUT2D eigenvalue weighted by Gasteiger charge is 2.12. The number of aliphatic hydroxyl groups is 1. The molecule has 0 bridgehead atoms. The highest BCUT2D eigenvalue weighted by molar-refractivity contribution is 5.29. The normalized spacial score (nSPS) is 12.4. The number of aryl methyl sites for hydroxylation is 1. The van der Waals surface area contributed by atoms with E-state index in [0.29, 0.717) is 18.1 Å². The van der Waals surface area contributed by atoms with Gasteiger partial charge in [0.05, 0.1) is 33.0 Å². The second-order valence-electron chi connectivity index (χ2n) is 5.72. The second-order valence-corrected chi connectivity index (χ2v) is 5.72. The number of hydrogen-bond donors (Lipinski definition) is 1. The number of rotatable bonds is 7. The predicted molar refractivity (Wildman–Crippen MR) is 90.6 cm³/mol. The quantitative estimate of drug-likeness (QED) is 0.681. The minimum absolute atomic E-state index is 0.165. The molecule has 0 spiro atoms. The molecule has 2 aromatic heterocycles. The van der Waals surface area contributed by atoms with E-state index >= 15 is 0 Å². The summed E-state index contributed by atoms with van der Waals surface area (Å²) in [5.41, 5.74) is 1.46. The number of ether oxygens (including phenoxy) is 2. The molecule has 2 heterocycles. The largest absolute Gasteiger partial charge is 0.497 e. The van der Waals surface area contributed by atoms with Crippen LogP contribution >= 0.6 is 0 Å². The van der Waals surface area contributed by atoms with Crippen molar-refractivity contribution in [3.63, 3.8) is 0 Å². The van der Waals surface area contributed by atoms with Crippen LogP contribution in [0.5, 0.6) is 5.75 Å². The Labute approximate surface area is 144 Å². The molecule has 1 atom stereocenters. The fourth-order valence-electron chi connectivity index (χ4n) is 2.57. The Morgan fingerprint density at radius 2 is 2.04 bits per heavy atom. The Balaban J connectivity index is 1.60. The van der Waals surface area contributed by atoms with Crippen molar-refractivity contribution in [1.82, 2.24) is 19.2 Å². The fourth-order valence-corrected chi connectivity index (χ4v) is 2.57. The lowest BCUT2D eigenvalue weighted by molar-refractivity contribution is 0.0204. The van der Waals surface area contributed by atoms with E-state index in [2.05, 4.69) is 10.1 Å². The maximum Gasteiger partial charge on any atom is 0.275 e. The molecular weight excluding hydrogens is 324 g/mol. The third kappa shape index (κ3) is 3.86. The van der Waals surface area contributed by atoms with Crippen molar-refractivity contribution in [1.29, 1.82) is 0 Å². The first-order chi connectivity index (χ1) is 12.1. The fraction of sp³-hybridized carbons (Fsp3) is 0.353. The number of benzene rings is 1. The summed E-state index contributed by atoms with van der Waals surface area (Å²) >= 11 is 0. The summed E-state index contributed by atoms with van der Waals surface area (Å²) in [6.07, 6.45) is 0.583. The summed E-state index contributed by atoms with van der Waals surface area (Å²) in [6, 6.07) is 9.02. The van der Waals surface area contributed by atoms with Crippen molar-refractivity contribution in [3.8, 4) is 5.75 Å². The first-order valence-electron chi connectivity index (χ1n) is 7.87. The maximum absolute atomic E-state index is 11.8. The Hall–Kier alpha value is -2.71. The van der Waals surface area contributed by atoms with Gasteiger partial charge in [0.1, 0.15) is 12.1 Å². The number of nitrogens with zero attached hydrogens (tertiary/aromatic N) is 4. The molecule has 0 aliphatic heterocycles. The van der Waals surface area contributed by atoms with E-state index < -0.39 is 6.10 Å². The van der Waals surface area contributed by atoms with E-state index in [1.54, 1.807) is 18.6 Å². The third-order valence-corrected chi connectivity index (χ3v) is 3.87. The molecule has 132 valence electrons. The van der Waals surface area contributed by atoms with Crippen LogP contribution < -0.4 is 10.3 Å². The SMILES string of the molecule is COc1ccc(COC[C@H](O)Cn2c(C)cc(=O)n3ncnc23)cc1. The summed E-state index contributed by atoms with van der Waals surface area (Å²) in [5.74, 6) is 1.19. The monoisotopic (exact) mass is 344 g/mol. The summed E-state index contributed by atoms with van der Waals surface area (Å²) < 4.78 is 13.6. The zero-order valence-electron chi connectivity index (χ0n) is 14.1. The number of aliphatic hydroxyl groups excluding tert-OH is 1. The molecule has 0 aliphatic rings. The molecule has 0 saturated heterocycles. The summed E-state index contributed by atoms with van der Waals surface area (Å²) in [5, 5.41) is 14.1. The highest BCUT2D eigenvalue weighted by Crippen LogP contribution is 2.12. The van der Waals surface area contributed by atoms with Crippen molar-refractivity contribution in [2.45, 2.75) is 26.2 Å². The van der Waals surface area contributed by atoms with Crippen molar-refractivity contribution in [2.75, 3.05) is 13.7 Å². The first-order valence-corrected chi connectivity index (χ1v) is 7.87. The lowest BCUT2D eigenvalue weighted by Gasteiger charge is -2.16. The summed E-state index contributed by atoms with van der Waals surface area (Å²) in [6.45, 7) is 2.61. The molecule has 1 N–H and O–H groups in total. The van der Waals surface area contributed by atoms with Crippen LogP contribution in [0.2, 0.25) is 0 Å². The van der Waals surface area contributed by atoms with Gasteiger partial charge in [0.15, 0.2) is 0 Å². The zero-order chi connectivity index (χ0) is 17.8. The molecular formula is C17H20N4O4. The lowest BCUT2D eigenvalue weighted by Crippen LogP contribution is -2.27. The maximum atomic E-state index is 11.8. The third-order valence-electron chi connectivity index (χ3n) is 3.87. The van der Waals surface area contributed by atoms with Crippen LogP contribution in [0.1, 0.15) is 11.3 Å². The topological polar surface area (TPSA) is 90.9 Å². The molecule has 0 unspecified atom stereocenters. The number of hydrogen-bond acceptors (Lipinski definition) is 6. The Morgan fingerprint density at radius 1 is 1.28 bits per heavy atom. The minimum atomic E-state index is -0.736. The van der Waals surface area contributed by atoms with E-state index in [1.807, 2.05) is 24.3 Å². The zero-order valence-corrected chi connectivity index (χ0v) is 14.1. The molecule has 8 heteroatoms. The molecule has 0 radical (unpaired) electrons. The number of fused-ring (bicyclic) bond motifs is 1. The predicted octanol–water partition coefficient (Wildman–Crippen LogP) is 0.786. The van der Waals surface area contributed by atoms with Crippen LogP contribution in [0.3, 0.4) is 0 Å². The average molecular weight is 344 g/mol. The van der Waals surface area contributed by atoms with Gasteiger partial charge in [-0.05, 0) is 24.6 Å². The molecule has 0 aliphatic carbocycles. The average Bonchev–Trinajstić information content (AvgIpc) is 3.09. The Bertz CT molecular complexity index is 901. The molecule has 8 nitrogen and oxygen atoms in total. The minimum Gasteiger partial charge on any atom is -0.497 e. The van der Waals surface area contributed by atoms with Gasteiger partial charge >= 0.3 is 0 Å². The number of aromatic nitrogens is 4. The van der Waals surface area contributed by atoms with Gasteiger partial charge in [0.2, 0.25) is 5.78 Å². The van der Waals surface area contributed by atoms with Crippen LogP contribution in [0, 0.1) is 6.92 Å². The molecule has 0 saturated carbocycles. The van der Waals surface area contributed by atoms with Gasteiger partial charge in [-0.25, -0.2) is 0 Å². The van der Waals surface area contributed by atoms with E-state index in [0.717, 1.165) is 11.3 Å². The van der Waals surface area contributed by atoms with Crippen LogP contribution in [0.25, 0.3) is 5.78 Å². The van der Waals surface area contributed by atoms with Gasteiger partial charge < -0.3 is 19.1 Å². The van der Waals surface area contributed by atoms with E-state index in [9.17, 15) is 9.90 Å². The lowest BCUT2D eigenvalue weighted by atomic mass is 10.2. The molecule has 25 heavy (non-hydrogen) atoms. The molecule has 3 rings (SSSR count). The van der Waals surface area contributed by atoms with E-state index in [1.165, 1.54) is 16.9 Å². The van der Waals surface area contributed by atoms with Gasteiger partial charge in [-0.1, -0.05) is 12.1 Å². The second kappa shape index (κ2) is 7.45. The molecule has 3 aromatic rings. The van der Waals surface area contributed by atoms with Crippen molar-refractivity contribution in [2.24, 2.45) is 0 Å². The summed E-state index contributed by atoms with van der Waals surface area (Å²) in [7, 11) is 1.62. The van der Waals surface area contributed by atoms with Crippen LogP contribution in [0.4, 0.5) is 0 Å². The van der Waals surface area contributed by atoms with Gasteiger partial charge in [0.25, 0.3) is 5.56 Å². The van der Waals surface area contributed by atoms with E-state index in [4.69, 9.17) is 9.47 Å². The van der Waals surface area contributed by atoms with Crippen molar-refractivity contribution >= 4 is 5.78 Å². The van der Waals surface area contributed by atoms with Crippen molar-refractivity contribution in [3.05, 3.63) is 58.3 Å². The van der Waals surface area contributed by atoms with Gasteiger partial charge in [-0.15, -0.1) is 0 Å². The Morgan fingerprint density at radius 3 is 2.76 bits per heavy atom.